The van der Waals surface area contributed by atoms with Crippen LogP contribution in [0.3, 0.4) is 0 Å². The highest BCUT2D eigenvalue weighted by Crippen LogP contribution is 2.24. The first-order chi connectivity index (χ1) is 13.7. The number of rotatable bonds is 3. The van der Waals surface area contributed by atoms with Crippen molar-refractivity contribution in [3.05, 3.63) is 89.4 Å². The molecule has 0 spiro atoms. The molecule has 136 valence electrons. The Morgan fingerprint density at radius 2 is 1.71 bits per heavy atom. The highest BCUT2D eigenvalue weighted by Gasteiger charge is 2.07. The van der Waals surface area contributed by atoms with Crippen molar-refractivity contribution in [2.45, 2.75) is 6.54 Å². The Labute approximate surface area is 160 Å². The smallest absolute Gasteiger partial charge is 0.280 e. The summed E-state index contributed by atoms with van der Waals surface area (Å²) in [5, 5.41) is 0. The van der Waals surface area contributed by atoms with E-state index < -0.39 is 0 Å². The lowest BCUT2D eigenvalue weighted by atomic mass is 10.0. The Bertz CT molecular complexity index is 1380. The number of aryl methyl sites for hydroxylation is 1. The third-order valence-electron chi connectivity index (χ3n) is 4.92. The summed E-state index contributed by atoms with van der Waals surface area (Å²) in [4.78, 5) is 25.6. The van der Waals surface area contributed by atoms with Gasteiger partial charge < -0.3 is 4.57 Å². The second-order valence-corrected chi connectivity index (χ2v) is 6.81. The molecule has 6 heteroatoms. The molecule has 5 aromatic rings. The summed E-state index contributed by atoms with van der Waals surface area (Å²) in [5.74, 6) is 0. The van der Waals surface area contributed by atoms with E-state index in [0.29, 0.717) is 17.6 Å². The maximum Gasteiger partial charge on any atom is 0.280 e. The van der Waals surface area contributed by atoms with Crippen LogP contribution in [-0.2, 0) is 13.6 Å². The van der Waals surface area contributed by atoms with E-state index in [4.69, 9.17) is 0 Å². The zero-order valence-corrected chi connectivity index (χ0v) is 15.3. The molecule has 0 unspecified atom stereocenters. The lowest BCUT2D eigenvalue weighted by molar-refractivity contribution is 0.746. The van der Waals surface area contributed by atoms with Gasteiger partial charge in [0.2, 0.25) is 0 Å². The lowest BCUT2D eigenvalue weighted by Crippen LogP contribution is -2.21. The molecule has 3 heterocycles. The van der Waals surface area contributed by atoms with E-state index in [1.807, 2.05) is 36.1 Å². The van der Waals surface area contributed by atoms with Gasteiger partial charge in [-0.1, -0.05) is 24.3 Å². The number of pyridine rings is 1. The first-order valence-corrected chi connectivity index (χ1v) is 8.99. The fraction of sp³-hybridized carbons (Fsp3) is 0.0909. The maximum atomic E-state index is 12.7. The predicted octanol–water partition coefficient (Wildman–Crippen LogP) is 3.39. The summed E-state index contributed by atoms with van der Waals surface area (Å²) in [7, 11) is 1.99. The molecule has 28 heavy (non-hydrogen) atoms. The Morgan fingerprint density at radius 3 is 2.64 bits per heavy atom. The highest BCUT2D eigenvalue weighted by molar-refractivity contribution is 5.82. The van der Waals surface area contributed by atoms with E-state index in [0.717, 1.165) is 27.7 Å². The van der Waals surface area contributed by atoms with Crippen LogP contribution in [0.2, 0.25) is 0 Å². The van der Waals surface area contributed by atoms with Gasteiger partial charge in [-0.05, 0) is 47.0 Å². The van der Waals surface area contributed by atoms with Crippen LogP contribution in [0, 0.1) is 0 Å². The van der Waals surface area contributed by atoms with Crippen LogP contribution in [0.1, 0.15) is 5.56 Å². The molecule has 0 radical (unpaired) electrons. The molecule has 0 aliphatic carbocycles. The summed E-state index contributed by atoms with van der Waals surface area (Å²) in [6.45, 7) is 0.445. The lowest BCUT2D eigenvalue weighted by Gasteiger charge is -2.09. The predicted molar refractivity (Wildman–Crippen MR) is 109 cm³/mol. The van der Waals surface area contributed by atoms with Crippen LogP contribution < -0.4 is 5.56 Å². The Morgan fingerprint density at radius 1 is 0.857 bits per heavy atom. The summed E-state index contributed by atoms with van der Waals surface area (Å²) < 4.78 is 3.61. The third kappa shape index (κ3) is 2.75. The minimum Gasteiger partial charge on any atom is -0.334 e. The fourth-order valence-corrected chi connectivity index (χ4v) is 3.45. The zero-order valence-electron chi connectivity index (χ0n) is 15.3. The molecule has 0 aliphatic rings. The van der Waals surface area contributed by atoms with Gasteiger partial charge in [-0.25, -0.2) is 15.0 Å². The summed E-state index contributed by atoms with van der Waals surface area (Å²) in [6, 6.07) is 18.0. The number of hydrogen-bond acceptors (Lipinski definition) is 4. The van der Waals surface area contributed by atoms with Crippen molar-refractivity contribution in [3.63, 3.8) is 0 Å². The van der Waals surface area contributed by atoms with E-state index in [2.05, 4.69) is 39.2 Å². The second-order valence-electron chi connectivity index (χ2n) is 6.81. The number of nitrogens with zero attached hydrogens (tertiary/aromatic N) is 5. The summed E-state index contributed by atoms with van der Waals surface area (Å²) >= 11 is 0. The van der Waals surface area contributed by atoms with Crippen molar-refractivity contribution in [2.24, 2.45) is 7.05 Å². The Kier molecular flexibility index (Phi) is 3.76. The number of aromatic nitrogens is 5. The molecule has 0 atom stereocenters. The maximum absolute atomic E-state index is 12.7. The zero-order chi connectivity index (χ0) is 19.1. The van der Waals surface area contributed by atoms with E-state index in [1.54, 1.807) is 29.2 Å². The molecule has 6 nitrogen and oxygen atoms in total. The van der Waals surface area contributed by atoms with E-state index in [9.17, 15) is 4.79 Å². The summed E-state index contributed by atoms with van der Waals surface area (Å²) in [6.07, 6.45) is 5.02. The van der Waals surface area contributed by atoms with E-state index in [-0.39, 0.29) is 5.56 Å². The molecule has 0 saturated carbocycles. The van der Waals surface area contributed by atoms with E-state index >= 15 is 0 Å². The van der Waals surface area contributed by atoms with Crippen LogP contribution in [0.4, 0.5) is 0 Å². The van der Waals surface area contributed by atoms with Crippen molar-refractivity contribution in [1.82, 2.24) is 24.1 Å². The third-order valence-corrected chi connectivity index (χ3v) is 4.92. The van der Waals surface area contributed by atoms with Gasteiger partial charge in [-0.3, -0.25) is 9.36 Å². The van der Waals surface area contributed by atoms with Crippen molar-refractivity contribution in [3.8, 4) is 11.1 Å². The molecule has 0 fully saturated rings. The van der Waals surface area contributed by atoms with Crippen LogP contribution in [0.15, 0.2) is 78.2 Å². The minimum atomic E-state index is -0.132. The molecule has 0 bridgehead atoms. The van der Waals surface area contributed by atoms with Crippen LogP contribution in [0.25, 0.3) is 33.2 Å². The topological polar surface area (TPSA) is 65.6 Å². The van der Waals surface area contributed by atoms with Crippen molar-refractivity contribution in [2.75, 3.05) is 0 Å². The van der Waals surface area contributed by atoms with Gasteiger partial charge in [0.25, 0.3) is 5.56 Å². The minimum absolute atomic E-state index is 0.132. The molecule has 0 saturated heterocycles. The van der Waals surface area contributed by atoms with Gasteiger partial charge in [-0.2, -0.15) is 0 Å². The van der Waals surface area contributed by atoms with Crippen LogP contribution in [0.5, 0.6) is 0 Å². The fourth-order valence-electron chi connectivity index (χ4n) is 3.45. The van der Waals surface area contributed by atoms with E-state index in [1.165, 1.54) is 0 Å². The van der Waals surface area contributed by atoms with Crippen LogP contribution >= 0.6 is 0 Å². The molecule has 0 N–H and O–H groups in total. The normalized spacial score (nSPS) is 11.3. The number of benzene rings is 2. The quantitative estimate of drug-likeness (QED) is 0.490. The average Bonchev–Trinajstić information content (AvgIpc) is 3.11. The van der Waals surface area contributed by atoms with Crippen LogP contribution in [-0.4, -0.2) is 24.1 Å². The monoisotopic (exact) mass is 367 g/mol. The Hall–Kier alpha value is -3.80. The largest absolute Gasteiger partial charge is 0.334 e. The molecule has 5 rings (SSSR count). The number of hydrogen-bond donors (Lipinski definition) is 0. The average molecular weight is 367 g/mol. The van der Waals surface area contributed by atoms with Gasteiger partial charge in [0.1, 0.15) is 0 Å². The molecule has 0 amide bonds. The molecule has 2 aromatic carbocycles. The van der Waals surface area contributed by atoms with Crippen molar-refractivity contribution < 1.29 is 0 Å². The van der Waals surface area contributed by atoms with Crippen molar-refractivity contribution in [1.29, 1.82) is 0 Å². The first-order valence-electron chi connectivity index (χ1n) is 8.99. The standard InChI is InChI=1S/C22H17N5O/c1-26-13-24-18-8-7-17(11-20(18)26)16-5-2-4-15(10-16)12-27-14-25-19-6-3-9-23-21(19)22(27)28/h2-11,13-14H,12H2,1H3. The van der Waals surface area contributed by atoms with Gasteiger partial charge in [0, 0.05) is 13.2 Å². The molecular weight excluding hydrogens is 350 g/mol. The molecular formula is C22H17N5O. The van der Waals surface area contributed by atoms with Gasteiger partial charge in [0.05, 0.1) is 35.7 Å². The Balaban J connectivity index is 1.53. The van der Waals surface area contributed by atoms with Crippen molar-refractivity contribution >= 4 is 22.1 Å². The van der Waals surface area contributed by atoms with Gasteiger partial charge >= 0.3 is 0 Å². The van der Waals surface area contributed by atoms with Gasteiger partial charge in [-0.15, -0.1) is 0 Å². The molecule has 3 aromatic heterocycles. The SMILES string of the molecule is Cn1cnc2ccc(-c3cccc(Cn4cnc5cccnc5c4=O)c3)cc21. The molecule has 0 aliphatic heterocycles. The second kappa shape index (κ2) is 6.42. The van der Waals surface area contributed by atoms with Gasteiger partial charge in [0.15, 0.2) is 5.52 Å². The number of imidazole rings is 1. The highest BCUT2D eigenvalue weighted by atomic mass is 16.1. The first kappa shape index (κ1) is 16.4. The summed E-state index contributed by atoms with van der Waals surface area (Å²) in [5.41, 5.74) is 6.18. The number of fused-ring (bicyclic) bond motifs is 2.